The van der Waals surface area contributed by atoms with Gasteiger partial charge in [0.25, 0.3) is 5.91 Å². The van der Waals surface area contributed by atoms with Gasteiger partial charge in [0.15, 0.2) is 6.10 Å². The minimum Gasteiger partial charge on any atom is -0.453 e. The molecule has 4 bridgehead atoms. The molecule has 28 heteroatoms. The summed E-state index contributed by atoms with van der Waals surface area (Å²) >= 11 is 0. The minimum atomic E-state index is -5.23. The Morgan fingerprint density at radius 1 is 0.670 bits per heavy atom. The maximum atomic E-state index is 16.6. The molecule has 0 radical (unpaired) electrons. The number of aromatic nitrogens is 2. The summed E-state index contributed by atoms with van der Waals surface area (Å²) in [5, 5.41) is 19.1. The number of carbonyl (C=O) groups is 4. The third kappa shape index (κ3) is 14.6. The highest BCUT2D eigenvalue weighted by atomic mass is 19.4. The number of hydrogen-bond acceptors (Lipinski definition) is 16. The molecule has 0 saturated carbocycles. The topological polar surface area (TPSA) is 216 Å². The van der Waals surface area contributed by atoms with Gasteiger partial charge in [0.1, 0.15) is 34.7 Å². The molecule has 5 N–H and O–H groups in total. The van der Waals surface area contributed by atoms with Crippen molar-refractivity contribution in [1.82, 2.24) is 46.2 Å². The molecule has 6 aliphatic rings. The van der Waals surface area contributed by atoms with Gasteiger partial charge < -0.3 is 49.8 Å². The van der Waals surface area contributed by atoms with Crippen LogP contribution in [0.5, 0.6) is 0 Å². The fourth-order valence-electron chi connectivity index (χ4n) is 12.9. The van der Waals surface area contributed by atoms with Gasteiger partial charge in [0.05, 0.1) is 63.2 Å². The second kappa shape index (κ2) is 27.0. The van der Waals surface area contributed by atoms with E-state index < -0.39 is 108 Å². The van der Waals surface area contributed by atoms with Crippen LogP contribution in [0, 0.1) is 34.3 Å². The standard InChI is InChI=1S/C63H75F8N11O9/c1-60(2,62(66,67)68)54(76-59(87)88-6)56(84)75-50(21-37-10-7-36(8-11-37)9-12-38-13-19-52(73-24-38)78-26-41-15-16-42(27-78)81(41)45-32-89-33-45)51(83)31-80(77-57(85)55(91-58(86)72-5)61(3,4)63(69,70)71)30-47-48(64)22-40(23-49(47)65)39-14-20-53(74-25-39)79-28-43-17-18-44(29-79)82(43)46-34-90-35-46/h7-8,10-11,13-14,19-20,22-25,41-46,50-51,54-55,83H,15-18,21,26-35H2,1-6H3,(H,72,86)(H,75,84)(H,76,87)(H,77,85)/t41-,42-,43-,44-,50-,51-,54+,55+/m0/s1. The van der Waals surface area contributed by atoms with Crippen molar-refractivity contribution in [3.63, 3.8) is 0 Å². The molecule has 2 aromatic heterocycles. The monoisotopic (exact) mass is 1280 g/mol. The molecule has 6 aliphatic heterocycles. The van der Waals surface area contributed by atoms with Gasteiger partial charge in [-0.25, -0.2) is 33.3 Å². The van der Waals surface area contributed by atoms with Crippen LogP contribution in [0.25, 0.3) is 11.1 Å². The van der Waals surface area contributed by atoms with E-state index in [9.17, 15) is 50.6 Å². The molecule has 10 rings (SSSR count). The fraction of sp³-hybridized carbons (Fsp3) is 0.556. The lowest BCUT2D eigenvalue weighted by Crippen LogP contribution is -2.62. The van der Waals surface area contributed by atoms with Crippen LogP contribution in [-0.4, -0.2) is 200 Å². The average Bonchev–Trinajstić information content (AvgIpc) is 1.75. The van der Waals surface area contributed by atoms with Crippen molar-refractivity contribution in [1.29, 1.82) is 0 Å². The van der Waals surface area contributed by atoms with E-state index in [2.05, 4.69) is 51.9 Å². The molecule has 2 aromatic carbocycles. The van der Waals surface area contributed by atoms with Gasteiger partial charge in [-0.2, -0.15) is 26.3 Å². The average molecular weight is 1280 g/mol. The van der Waals surface area contributed by atoms with Crippen LogP contribution in [0.3, 0.4) is 0 Å². The number of carbonyl (C=O) groups excluding carboxylic acids is 4. The number of methoxy groups -OCH3 is 1. The van der Waals surface area contributed by atoms with E-state index in [-0.39, 0.29) is 5.56 Å². The number of rotatable bonds is 20. The van der Waals surface area contributed by atoms with Gasteiger partial charge in [-0.05, 0) is 119 Å². The number of nitrogens with zero attached hydrogens (tertiary/aromatic N) is 7. The Labute approximate surface area is 521 Å². The Balaban J connectivity index is 0.910. The zero-order chi connectivity index (χ0) is 65.3. The van der Waals surface area contributed by atoms with E-state index in [1.165, 1.54) is 18.3 Å². The summed E-state index contributed by atoms with van der Waals surface area (Å²) < 4.78 is 142. The van der Waals surface area contributed by atoms with E-state index in [0.717, 1.165) is 97.2 Å². The van der Waals surface area contributed by atoms with Crippen LogP contribution < -0.4 is 31.2 Å². The number of halogens is 8. The number of alkyl halides is 6. The number of amides is 4. The molecule has 492 valence electrons. The van der Waals surface area contributed by atoms with E-state index in [4.69, 9.17) is 19.2 Å². The van der Waals surface area contributed by atoms with Crippen molar-refractivity contribution in [2.24, 2.45) is 10.8 Å². The highest BCUT2D eigenvalue weighted by molar-refractivity contribution is 5.87. The van der Waals surface area contributed by atoms with Crippen molar-refractivity contribution < 1.29 is 78.4 Å². The van der Waals surface area contributed by atoms with Crippen LogP contribution in [-0.2, 0) is 41.5 Å². The number of nitrogens with one attached hydrogen (secondary N) is 4. The first-order valence-corrected chi connectivity index (χ1v) is 30.2. The van der Waals surface area contributed by atoms with E-state index in [1.54, 1.807) is 30.5 Å². The quantitative estimate of drug-likeness (QED) is 0.0364. The molecule has 4 aromatic rings. The molecule has 0 spiro atoms. The van der Waals surface area contributed by atoms with Crippen molar-refractivity contribution in [2.75, 3.05) is 83.1 Å². The lowest BCUT2D eigenvalue weighted by Gasteiger charge is -2.48. The number of aliphatic hydroxyl groups is 1. The van der Waals surface area contributed by atoms with E-state index >= 15 is 8.78 Å². The van der Waals surface area contributed by atoms with Gasteiger partial charge in [-0.3, -0.25) is 24.8 Å². The highest BCUT2D eigenvalue weighted by Crippen LogP contribution is 2.44. The summed E-state index contributed by atoms with van der Waals surface area (Å²) in [4.78, 5) is 72.5. The largest absolute Gasteiger partial charge is 0.453 e. The second-order valence-electron chi connectivity index (χ2n) is 25.3. The zero-order valence-corrected chi connectivity index (χ0v) is 51.2. The molecule has 4 amide bonds. The Hall–Kier alpha value is -7.42. The second-order valence-corrected chi connectivity index (χ2v) is 25.3. The third-order valence-corrected chi connectivity index (χ3v) is 18.6. The predicted molar refractivity (Wildman–Crippen MR) is 316 cm³/mol. The molecule has 20 nitrogen and oxygen atoms in total. The summed E-state index contributed by atoms with van der Waals surface area (Å²) in [6.07, 6.45) is -11.1. The first-order chi connectivity index (χ1) is 43.1. The maximum Gasteiger partial charge on any atom is 0.407 e. The zero-order valence-electron chi connectivity index (χ0n) is 51.2. The highest BCUT2D eigenvalue weighted by Gasteiger charge is 2.58. The number of aliphatic hydroxyl groups excluding tert-OH is 1. The molecule has 8 atom stereocenters. The molecule has 6 saturated heterocycles. The van der Waals surface area contributed by atoms with Gasteiger partial charge >= 0.3 is 24.5 Å². The first-order valence-electron chi connectivity index (χ1n) is 30.2. The van der Waals surface area contributed by atoms with Crippen LogP contribution in [0.4, 0.5) is 56.3 Å². The number of benzene rings is 2. The molecule has 8 heterocycles. The Morgan fingerprint density at radius 3 is 1.63 bits per heavy atom. The normalized spacial score (nSPS) is 22.0. The molecular weight excluding hydrogens is 1210 g/mol. The molecule has 0 unspecified atom stereocenters. The van der Waals surface area contributed by atoms with E-state index in [1.807, 2.05) is 22.8 Å². The Bertz CT molecular complexity index is 3280. The molecular formula is C63H75F8N11O9. The number of hydrogen-bond donors (Lipinski definition) is 5. The summed E-state index contributed by atoms with van der Waals surface area (Å²) in [5.74, 6) is 2.00. The van der Waals surface area contributed by atoms with Crippen LogP contribution in [0.15, 0.2) is 73.1 Å². The van der Waals surface area contributed by atoms with E-state index in [0.29, 0.717) is 110 Å². The number of piperazine rings is 2. The van der Waals surface area contributed by atoms with Crippen LogP contribution >= 0.6 is 0 Å². The summed E-state index contributed by atoms with van der Waals surface area (Å²) in [6.45, 7) is 6.38. The minimum absolute atomic E-state index is 0.0311. The van der Waals surface area contributed by atoms with Gasteiger partial charge in [-0.15, -0.1) is 0 Å². The Kier molecular flexibility index (Phi) is 19.8. The van der Waals surface area contributed by atoms with Crippen molar-refractivity contribution in [3.05, 3.63) is 107 Å². The Morgan fingerprint density at radius 2 is 1.18 bits per heavy atom. The SMILES string of the molecule is CNC(=O)O[C@H](C(=O)NN(Cc1c(F)cc(-c2ccc(N3C[C@@H]4CC[C@@H](C3)N4C3COC3)nc2)cc1F)C[C@H](O)[C@H](Cc1ccc(C#Cc2ccc(N3C[C@@H]4CC[C@@H](C3)N4C3COC3)nc2)cc1)NC(=O)[C@@H](NC(=O)OC)C(C)(C)C(F)(F)F)C(C)(C)C(F)(F)F. The van der Waals surface area contributed by atoms with Crippen molar-refractivity contribution >= 4 is 35.6 Å². The lowest BCUT2D eigenvalue weighted by atomic mass is 9.82. The smallest absolute Gasteiger partial charge is 0.407 e. The molecule has 91 heavy (non-hydrogen) atoms. The number of pyridine rings is 2. The number of hydrazine groups is 1. The number of ether oxygens (including phenoxy) is 4. The predicted octanol–water partition coefficient (Wildman–Crippen LogP) is 6.47. The van der Waals surface area contributed by atoms with Crippen LogP contribution in [0.2, 0.25) is 0 Å². The summed E-state index contributed by atoms with van der Waals surface area (Å²) in [7, 11) is 1.87. The molecule has 0 aliphatic carbocycles. The van der Waals surface area contributed by atoms with Crippen molar-refractivity contribution in [2.45, 2.75) is 139 Å². The number of fused-ring (bicyclic) bond motifs is 4. The summed E-state index contributed by atoms with van der Waals surface area (Å²) in [5.41, 5.74) is -3.06. The van der Waals surface area contributed by atoms with Crippen LogP contribution in [0.1, 0.15) is 75.6 Å². The number of anilines is 2. The van der Waals surface area contributed by atoms with Crippen molar-refractivity contribution in [3.8, 4) is 23.0 Å². The molecule has 6 fully saturated rings. The third-order valence-electron chi connectivity index (χ3n) is 18.6. The van der Waals surface area contributed by atoms with Gasteiger partial charge in [0, 0.05) is 105 Å². The van der Waals surface area contributed by atoms with Gasteiger partial charge in [-0.1, -0.05) is 24.0 Å². The summed E-state index contributed by atoms with van der Waals surface area (Å²) in [6, 6.07) is 13.5. The first kappa shape index (κ1) is 66.5. The number of alkyl carbamates (subject to hydrolysis) is 2. The fourth-order valence-corrected chi connectivity index (χ4v) is 12.9. The maximum absolute atomic E-state index is 16.6. The lowest BCUT2D eigenvalue weighted by molar-refractivity contribution is -0.239. The van der Waals surface area contributed by atoms with Gasteiger partial charge in [0.2, 0.25) is 5.91 Å².